The van der Waals surface area contributed by atoms with Crippen LogP contribution >= 0.6 is 0 Å². The summed E-state index contributed by atoms with van der Waals surface area (Å²) in [7, 11) is -3.03. The molecular formula is C19H30O10Si. The van der Waals surface area contributed by atoms with Crippen LogP contribution in [0.2, 0.25) is 0 Å². The predicted molar refractivity (Wildman–Crippen MR) is 102 cm³/mol. The van der Waals surface area contributed by atoms with Crippen molar-refractivity contribution in [1.82, 2.24) is 0 Å². The fourth-order valence-corrected chi connectivity index (χ4v) is 8.30. The summed E-state index contributed by atoms with van der Waals surface area (Å²) in [6, 6.07) is 0. The molecule has 0 aliphatic carbocycles. The molecule has 3 aliphatic heterocycles. The topological polar surface area (TPSA) is 116 Å². The molecule has 0 radical (unpaired) electrons. The minimum atomic E-state index is -4.52. The fourth-order valence-electron chi connectivity index (χ4n) is 4.94. The molecule has 0 aromatic heterocycles. The second kappa shape index (κ2) is 8.91. The molecule has 0 spiro atoms. The average Bonchev–Trinajstić information content (AvgIpc) is 3.39. The van der Waals surface area contributed by atoms with Gasteiger partial charge in [-0.3, -0.25) is 14.4 Å². The van der Waals surface area contributed by atoms with Gasteiger partial charge in [0.25, 0.3) is 17.9 Å². The summed E-state index contributed by atoms with van der Waals surface area (Å²) >= 11 is 0. The van der Waals surface area contributed by atoms with Crippen LogP contribution in [0.3, 0.4) is 0 Å². The van der Waals surface area contributed by atoms with Crippen LogP contribution in [0.25, 0.3) is 0 Å². The van der Waals surface area contributed by atoms with Crippen LogP contribution in [0, 0.1) is 0 Å². The normalized spacial score (nSPS) is 34.0. The number of carbonyl (C=O) groups excluding carboxylic acids is 3. The van der Waals surface area contributed by atoms with Crippen LogP contribution in [0.15, 0.2) is 0 Å². The van der Waals surface area contributed by atoms with Crippen molar-refractivity contribution in [2.75, 3.05) is 20.3 Å². The lowest BCUT2D eigenvalue weighted by atomic mass is 9.83. The molecule has 3 heterocycles. The van der Waals surface area contributed by atoms with Gasteiger partial charge in [-0.15, -0.1) is 0 Å². The molecule has 0 bridgehead atoms. The molecule has 3 fully saturated rings. The van der Waals surface area contributed by atoms with Gasteiger partial charge in [0.1, 0.15) is 5.60 Å². The highest BCUT2D eigenvalue weighted by molar-refractivity contribution is 6.69. The maximum Gasteiger partial charge on any atom is 0.742 e. The van der Waals surface area contributed by atoms with Crippen LogP contribution in [0.1, 0.15) is 59.3 Å². The maximum atomic E-state index is 12.2. The van der Waals surface area contributed by atoms with E-state index >= 15 is 0 Å². The first-order valence-electron chi connectivity index (χ1n) is 10.3. The molecule has 30 heavy (non-hydrogen) atoms. The lowest BCUT2D eigenvalue weighted by molar-refractivity contribution is -0.244. The zero-order valence-electron chi connectivity index (χ0n) is 17.9. The molecule has 3 aliphatic rings. The lowest BCUT2D eigenvalue weighted by Crippen LogP contribution is -2.78. The standard InChI is InChI=1S/C19H30O10Si/c1-13(20)27-30(28-14(2)21,29-15(3)22)19(10-8-17(23-4)26-19)18(9-6-12-25-18)16-7-5-11-24-16/h16-17H,5-12H2,1-4H3. The number of ether oxygens (including phenoxy) is 4. The Kier molecular flexibility index (Phi) is 6.87. The van der Waals surface area contributed by atoms with E-state index in [1.165, 1.54) is 27.9 Å². The van der Waals surface area contributed by atoms with E-state index in [0.29, 0.717) is 38.9 Å². The van der Waals surface area contributed by atoms with Gasteiger partial charge in [0.15, 0.2) is 6.29 Å². The smallest absolute Gasteiger partial charge is 0.454 e. The first-order chi connectivity index (χ1) is 14.2. The van der Waals surface area contributed by atoms with E-state index in [0.717, 1.165) is 6.42 Å². The molecule has 170 valence electrons. The van der Waals surface area contributed by atoms with Gasteiger partial charge in [0, 0.05) is 47.5 Å². The molecule has 3 rings (SSSR count). The van der Waals surface area contributed by atoms with Crippen molar-refractivity contribution in [1.29, 1.82) is 0 Å². The highest BCUT2D eigenvalue weighted by Crippen LogP contribution is 2.55. The van der Waals surface area contributed by atoms with Gasteiger partial charge in [-0.05, 0) is 32.1 Å². The van der Waals surface area contributed by atoms with Crippen molar-refractivity contribution in [3.8, 4) is 0 Å². The molecule has 0 amide bonds. The van der Waals surface area contributed by atoms with E-state index in [4.69, 9.17) is 32.2 Å². The zero-order chi connectivity index (χ0) is 22.0. The van der Waals surface area contributed by atoms with Gasteiger partial charge in [0.2, 0.25) is 5.22 Å². The van der Waals surface area contributed by atoms with Crippen molar-refractivity contribution >= 4 is 26.7 Å². The number of hydrogen-bond donors (Lipinski definition) is 0. The Morgan fingerprint density at radius 1 is 0.900 bits per heavy atom. The third kappa shape index (κ3) is 3.89. The first-order valence-corrected chi connectivity index (χ1v) is 12.0. The van der Waals surface area contributed by atoms with Gasteiger partial charge in [-0.25, -0.2) is 0 Å². The van der Waals surface area contributed by atoms with E-state index in [9.17, 15) is 14.4 Å². The summed E-state index contributed by atoms with van der Waals surface area (Å²) < 4.78 is 41.0. The third-order valence-corrected chi connectivity index (χ3v) is 9.29. The van der Waals surface area contributed by atoms with Gasteiger partial charge >= 0.3 is 8.80 Å². The number of methoxy groups -OCH3 is 1. The molecule has 0 N–H and O–H groups in total. The van der Waals surface area contributed by atoms with Crippen LogP contribution in [-0.4, -0.2) is 70.3 Å². The van der Waals surface area contributed by atoms with Gasteiger partial charge < -0.3 is 32.2 Å². The first kappa shape index (κ1) is 23.1. The van der Waals surface area contributed by atoms with Gasteiger partial charge in [-0.2, -0.15) is 0 Å². The predicted octanol–water partition coefficient (Wildman–Crippen LogP) is 1.40. The summed E-state index contributed by atoms with van der Waals surface area (Å²) in [5.41, 5.74) is -1.12. The Hall–Kier alpha value is -1.53. The Morgan fingerprint density at radius 2 is 1.53 bits per heavy atom. The summed E-state index contributed by atoms with van der Waals surface area (Å²) in [6.45, 7) is 4.47. The third-order valence-electron chi connectivity index (χ3n) is 5.84. The average molecular weight is 447 g/mol. The number of hydrogen-bond acceptors (Lipinski definition) is 10. The van der Waals surface area contributed by atoms with Crippen LogP contribution in [0.4, 0.5) is 0 Å². The second-order valence-electron chi connectivity index (χ2n) is 7.83. The molecule has 0 saturated carbocycles. The highest BCUT2D eigenvalue weighted by Gasteiger charge is 2.83. The highest BCUT2D eigenvalue weighted by atomic mass is 28.4. The largest absolute Gasteiger partial charge is 0.742 e. The van der Waals surface area contributed by atoms with E-state index in [1.807, 2.05) is 0 Å². The molecule has 3 saturated heterocycles. The summed E-state index contributed by atoms with van der Waals surface area (Å²) in [4.78, 5) is 36.6. The van der Waals surface area contributed by atoms with Crippen LogP contribution in [-0.2, 0) is 46.6 Å². The zero-order valence-corrected chi connectivity index (χ0v) is 18.9. The van der Waals surface area contributed by atoms with Gasteiger partial charge in [0.05, 0.1) is 6.10 Å². The van der Waals surface area contributed by atoms with Crippen molar-refractivity contribution in [2.24, 2.45) is 0 Å². The Balaban J connectivity index is 2.23. The van der Waals surface area contributed by atoms with E-state index < -0.39 is 49.9 Å². The van der Waals surface area contributed by atoms with Gasteiger partial charge in [-0.1, -0.05) is 0 Å². The molecule has 4 unspecified atom stereocenters. The minimum absolute atomic E-state index is 0.241. The molecule has 4 atom stereocenters. The molecular weight excluding hydrogens is 416 g/mol. The lowest BCUT2D eigenvalue weighted by Gasteiger charge is -2.50. The molecule has 0 aromatic rings. The molecule has 10 nitrogen and oxygen atoms in total. The second-order valence-corrected chi connectivity index (χ2v) is 10.4. The van der Waals surface area contributed by atoms with Crippen LogP contribution in [0.5, 0.6) is 0 Å². The van der Waals surface area contributed by atoms with Crippen molar-refractivity contribution in [3.05, 3.63) is 0 Å². The summed E-state index contributed by atoms with van der Waals surface area (Å²) in [5.74, 6) is -2.27. The Morgan fingerprint density at radius 3 is 1.93 bits per heavy atom. The monoisotopic (exact) mass is 446 g/mol. The van der Waals surface area contributed by atoms with Crippen molar-refractivity contribution < 1.29 is 46.6 Å². The van der Waals surface area contributed by atoms with E-state index in [1.54, 1.807) is 0 Å². The minimum Gasteiger partial charge on any atom is -0.454 e. The Labute approximate surface area is 176 Å². The van der Waals surface area contributed by atoms with E-state index in [2.05, 4.69) is 0 Å². The number of rotatable bonds is 7. The quantitative estimate of drug-likeness (QED) is 0.531. The van der Waals surface area contributed by atoms with Crippen molar-refractivity contribution in [2.45, 2.75) is 82.5 Å². The van der Waals surface area contributed by atoms with Crippen molar-refractivity contribution in [3.63, 3.8) is 0 Å². The Bertz CT molecular complexity index is 629. The summed E-state index contributed by atoms with van der Waals surface area (Å²) in [5, 5.41) is -1.55. The maximum absolute atomic E-state index is 12.2. The van der Waals surface area contributed by atoms with E-state index in [-0.39, 0.29) is 6.42 Å². The molecule has 11 heteroatoms. The molecule has 0 aromatic carbocycles. The SMILES string of the molecule is COC1CCC(C2(C3CCCO3)CCCO2)([Si](OC(C)=O)(OC(C)=O)OC(C)=O)O1. The van der Waals surface area contributed by atoms with Crippen LogP contribution < -0.4 is 0 Å². The summed E-state index contributed by atoms with van der Waals surface area (Å²) in [6.07, 6.45) is 2.29. The number of carbonyl (C=O) groups is 3. The fraction of sp³-hybridized carbons (Fsp3) is 0.842.